The molecule has 2 rings (SSSR count). The van der Waals surface area contributed by atoms with Gasteiger partial charge in [0.05, 0.1) is 11.6 Å². The second-order valence-corrected chi connectivity index (χ2v) is 4.65. The maximum Gasteiger partial charge on any atom is 0.113 e. The van der Waals surface area contributed by atoms with Crippen LogP contribution in [0.25, 0.3) is 11.0 Å². The van der Waals surface area contributed by atoms with E-state index in [9.17, 15) is 0 Å². The molecule has 0 saturated carbocycles. The Kier molecular flexibility index (Phi) is 3.74. The normalized spacial score (nSPS) is 13.4. The number of aromatic nitrogens is 3. The summed E-state index contributed by atoms with van der Waals surface area (Å²) in [5.74, 6) is 0. The molecule has 0 spiro atoms. The van der Waals surface area contributed by atoms with Gasteiger partial charge in [0.2, 0.25) is 0 Å². The third-order valence-electron chi connectivity index (χ3n) is 2.96. The van der Waals surface area contributed by atoms with Crippen LogP contribution in [0.4, 0.5) is 0 Å². The topological polar surface area (TPSA) is 42.7 Å². The fourth-order valence-corrected chi connectivity index (χ4v) is 1.93. The molecule has 0 radical (unpaired) electrons. The molecular formula is C13H20N4. The van der Waals surface area contributed by atoms with Crippen LogP contribution in [-0.4, -0.2) is 27.6 Å². The van der Waals surface area contributed by atoms with Gasteiger partial charge in [-0.05, 0) is 18.6 Å². The molecular weight excluding hydrogens is 212 g/mol. The summed E-state index contributed by atoms with van der Waals surface area (Å²) in [4.78, 5) is 0. The number of hydrogen-bond donors (Lipinski definition) is 1. The first kappa shape index (κ1) is 12.0. The minimum Gasteiger partial charge on any atom is -0.312 e. The standard InChI is InChI=1S/C13H20N4/c1-4-11(9-14-10(2)3)17-13-8-6-5-7-12(13)15-16-17/h5-8,10-11,14H,4,9H2,1-3H3. The SMILES string of the molecule is CCC(CNC(C)C)n1nnc2ccccc21. The van der Waals surface area contributed by atoms with Crippen molar-refractivity contribution < 1.29 is 0 Å². The molecule has 1 N–H and O–H groups in total. The molecule has 2 aromatic rings. The largest absolute Gasteiger partial charge is 0.312 e. The molecule has 17 heavy (non-hydrogen) atoms. The van der Waals surface area contributed by atoms with Crippen LogP contribution >= 0.6 is 0 Å². The van der Waals surface area contributed by atoms with Gasteiger partial charge in [-0.1, -0.05) is 38.1 Å². The molecule has 4 heteroatoms. The van der Waals surface area contributed by atoms with Gasteiger partial charge >= 0.3 is 0 Å². The van der Waals surface area contributed by atoms with Crippen molar-refractivity contribution >= 4 is 11.0 Å². The van der Waals surface area contributed by atoms with E-state index >= 15 is 0 Å². The highest BCUT2D eigenvalue weighted by Crippen LogP contribution is 2.17. The van der Waals surface area contributed by atoms with Crippen LogP contribution in [0.15, 0.2) is 24.3 Å². The smallest absolute Gasteiger partial charge is 0.113 e. The Bertz CT molecular complexity index is 475. The predicted octanol–water partition coefficient (Wildman–Crippen LogP) is 2.38. The van der Waals surface area contributed by atoms with Crippen LogP contribution < -0.4 is 5.32 Å². The number of rotatable bonds is 5. The van der Waals surface area contributed by atoms with Crippen molar-refractivity contribution in [1.29, 1.82) is 0 Å². The second-order valence-electron chi connectivity index (χ2n) is 4.65. The lowest BCUT2D eigenvalue weighted by atomic mass is 10.2. The van der Waals surface area contributed by atoms with E-state index < -0.39 is 0 Å². The molecule has 0 aliphatic heterocycles. The summed E-state index contributed by atoms with van der Waals surface area (Å²) in [5, 5.41) is 11.9. The van der Waals surface area contributed by atoms with Gasteiger partial charge in [0, 0.05) is 12.6 Å². The molecule has 1 unspecified atom stereocenters. The number of hydrogen-bond acceptors (Lipinski definition) is 3. The zero-order valence-corrected chi connectivity index (χ0v) is 10.7. The number of para-hydroxylation sites is 1. The van der Waals surface area contributed by atoms with Crippen molar-refractivity contribution in [2.45, 2.75) is 39.3 Å². The van der Waals surface area contributed by atoms with Gasteiger partial charge in [-0.3, -0.25) is 0 Å². The van der Waals surface area contributed by atoms with Gasteiger partial charge in [-0.2, -0.15) is 0 Å². The van der Waals surface area contributed by atoms with Crippen LogP contribution in [0.1, 0.15) is 33.2 Å². The zero-order chi connectivity index (χ0) is 12.3. The number of nitrogens with one attached hydrogen (secondary N) is 1. The fraction of sp³-hybridized carbons (Fsp3) is 0.538. The van der Waals surface area contributed by atoms with Crippen molar-refractivity contribution in [1.82, 2.24) is 20.3 Å². The summed E-state index contributed by atoms with van der Waals surface area (Å²) < 4.78 is 2.03. The van der Waals surface area contributed by atoms with Crippen LogP contribution in [0.3, 0.4) is 0 Å². The fourth-order valence-electron chi connectivity index (χ4n) is 1.93. The van der Waals surface area contributed by atoms with Gasteiger partial charge in [-0.15, -0.1) is 5.10 Å². The molecule has 0 saturated heterocycles. The quantitative estimate of drug-likeness (QED) is 0.860. The molecule has 0 aliphatic carbocycles. The molecule has 1 heterocycles. The van der Waals surface area contributed by atoms with Gasteiger partial charge in [0.1, 0.15) is 5.52 Å². The first-order valence-corrected chi connectivity index (χ1v) is 6.25. The molecule has 0 aliphatic rings. The summed E-state index contributed by atoms with van der Waals surface area (Å²) in [6.45, 7) is 7.43. The van der Waals surface area contributed by atoms with E-state index in [4.69, 9.17) is 0 Å². The lowest BCUT2D eigenvalue weighted by Crippen LogP contribution is -2.30. The van der Waals surface area contributed by atoms with Crippen molar-refractivity contribution in [3.8, 4) is 0 Å². The maximum absolute atomic E-state index is 4.27. The van der Waals surface area contributed by atoms with Gasteiger partial charge in [0.15, 0.2) is 0 Å². The summed E-state index contributed by atoms with van der Waals surface area (Å²) >= 11 is 0. The van der Waals surface area contributed by atoms with E-state index in [1.54, 1.807) is 0 Å². The third kappa shape index (κ3) is 2.64. The lowest BCUT2D eigenvalue weighted by molar-refractivity contribution is 0.398. The van der Waals surface area contributed by atoms with E-state index in [0.29, 0.717) is 12.1 Å². The summed E-state index contributed by atoms with van der Waals surface area (Å²) in [7, 11) is 0. The van der Waals surface area contributed by atoms with E-state index in [1.165, 1.54) is 0 Å². The lowest BCUT2D eigenvalue weighted by Gasteiger charge is -2.18. The minimum absolute atomic E-state index is 0.366. The van der Waals surface area contributed by atoms with E-state index in [1.807, 2.05) is 22.9 Å². The van der Waals surface area contributed by atoms with Crippen LogP contribution in [0.5, 0.6) is 0 Å². The first-order chi connectivity index (χ1) is 8.22. The molecule has 0 amide bonds. The van der Waals surface area contributed by atoms with Gasteiger partial charge in [-0.25, -0.2) is 4.68 Å². The Balaban J connectivity index is 2.24. The monoisotopic (exact) mass is 232 g/mol. The summed E-state index contributed by atoms with van der Waals surface area (Å²) in [6.07, 6.45) is 1.05. The molecule has 92 valence electrons. The minimum atomic E-state index is 0.366. The number of nitrogens with zero attached hydrogens (tertiary/aromatic N) is 3. The van der Waals surface area contributed by atoms with Gasteiger partial charge in [0.25, 0.3) is 0 Å². The number of benzene rings is 1. The Morgan fingerprint density at radius 2 is 2.06 bits per heavy atom. The van der Waals surface area contributed by atoms with E-state index in [-0.39, 0.29) is 0 Å². The highest BCUT2D eigenvalue weighted by atomic mass is 15.4. The van der Waals surface area contributed by atoms with Gasteiger partial charge < -0.3 is 5.32 Å². The maximum atomic E-state index is 4.27. The second kappa shape index (κ2) is 5.27. The number of fused-ring (bicyclic) bond motifs is 1. The molecule has 1 aromatic heterocycles. The van der Waals surface area contributed by atoms with Crippen molar-refractivity contribution in [3.63, 3.8) is 0 Å². The third-order valence-corrected chi connectivity index (χ3v) is 2.96. The predicted molar refractivity (Wildman–Crippen MR) is 70.0 cm³/mol. The summed E-state index contributed by atoms with van der Waals surface area (Å²) in [6, 6.07) is 8.97. The molecule has 1 aromatic carbocycles. The Hall–Kier alpha value is -1.42. The van der Waals surface area contributed by atoms with E-state index in [2.05, 4.69) is 42.5 Å². The summed E-state index contributed by atoms with van der Waals surface area (Å²) in [5.41, 5.74) is 2.08. The Labute approximate surface area is 102 Å². The van der Waals surface area contributed by atoms with Crippen molar-refractivity contribution in [2.24, 2.45) is 0 Å². The molecule has 0 bridgehead atoms. The van der Waals surface area contributed by atoms with Crippen molar-refractivity contribution in [3.05, 3.63) is 24.3 Å². The molecule has 0 fully saturated rings. The Morgan fingerprint density at radius 3 is 2.76 bits per heavy atom. The van der Waals surface area contributed by atoms with Crippen molar-refractivity contribution in [2.75, 3.05) is 6.54 Å². The molecule has 4 nitrogen and oxygen atoms in total. The van der Waals surface area contributed by atoms with Crippen LogP contribution in [0, 0.1) is 0 Å². The average molecular weight is 232 g/mol. The Morgan fingerprint density at radius 1 is 1.29 bits per heavy atom. The van der Waals surface area contributed by atoms with Crippen LogP contribution in [-0.2, 0) is 0 Å². The highest BCUT2D eigenvalue weighted by Gasteiger charge is 2.13. The highest BCUT2D eigenvalue weighted by molar-refractivity contribution is 5.73. The van der Waals surface area contributed by atoms with Crippen LogP contribution in [0.2, 0.25) is 0 Å². The van der Waals surface area contributed by atoms with E-state index in [0.717, 1.165) is 24.0 Å². The molecule has 1 atom stereocenters. The first-order valence-electron chi connectivity index (χ1n) is 6.25. The zero-order valence-electron chi connectivity index (χ0n) is 10.7. The average Bonchev–Trinajstić information content (AvgIpc) is 2.74.